The van der Waals surface area contributed by atoms with Crippen molar-refractivity contribution in [2.45, 2.75) is 31.0 Å². The van der Waals surface area contributed by atoms with Crippen molar-refractivity contribution >= 4 is 17.8 Å². The molecule has 0 spiro atoms. The molecule has 0 saturated carbocycles. The molecule has 2 amide bonds. The van der Waals surface area contributed by atoms with Gasteiger partial charge >= 0.3 is 5.97 Å². The topological polar surface area (TPSA) is 162 Å². The summed E-state index contributed by atoms with van der Waals surface area (Å²) in [6, 6.07) is 11.3. The summed E-state index contributed by atoms with van der Waals surface area (Å²) in [7, 11) is 0. The van der Waals surface area contributed by atoms with Crippen LogP contribution in [-0.2, 0) is 27.2 Å². The third-order valence-corrected chi connectivity index (χ3v) is 4.44. The maximum Gasteiger partial charge on any atom is 0.326 e. The van der Waals surface area contributed by atoms with E-state index in [4.69, 9.17) is 10.8 Å². The second-order valence-electron chi connectivity index (χ2n) is 6.81. The molecule has 2 rings (SSSR count). The van der Waals surface area contributed by atoms with Crippen molar-refractivity contribution in [3.63, 3.8) is 0 Å². The molecule has 0 radical (unpaired) electrons. The largest absolute Gasteiger partial charge is 0.508 e. The van der Waals surface area contributed by atoms with Crippen molar-refractivity contribution in [3.8, 4) is 5.75 Å². The van der Waals surface area contributed by atoms with Crippen LogP contribution in [-0.4, -0.2) is 57.8 Å². The van der Waals surface area contributed by atoms with Gasteiger partial charge < -0.3 is 31.7 Å². The fourth-order valence-corrected chi connectivity index (χ4v) is 2.76. The number of aromatic hydroxyl groups is 1. The van der Waals surface area contributed by atoms with Crippen LogP contribution in [0.25, 0.3) is 0 Å². The van der Waals surface area contributed by atoms with E-state index < -0.39 is 42.5 Å². The Hall–Kier alpha value is -3.43. The van der Waals surface area contributed by atoms with Gasteiger partial charge in [-0.05, 0) is 23.3 Å². The molecule has 2 aromatic carbocycles. The maximum atomic E-state index is 12.8. The highest BCUT2D eigenvalue weighted by molar-refractivity contribution is 5.92. The number of carboxylic acid groups (broad SMARTS) is 1. The number of nitrogens with two attached hydrogens (primary N) is 1. The predicted octanol–water partition coefficient (Wildman–Crippen LogP) is -0.449. The number of benzene rings is 2. The van der Waals surface area contributed by atoms with Crippen molar-refractivity contribution in [3.05, 3.63) is 65.7 Å². The van der Waals surface area contributed by atoms with Crippen LogP contribution in [0.2, 0.25) is 0 Å². The molecule has 30 heavy (non-hydrogen) atoms. The number of carbonyl (C=O) groups is 3. The smallest absolute Gasteiger partial charge is 0.326 e. The van der Waals surface area contributed by atoms with Crippen molar-refractivity contribution < 1.29 is 29.7 Å². The quantitative estimate of drug-likeness (QED) is 0.306. The van der Waals surface area contributed by atoms with Gasteiger partial charge in [0.25, 0.3) is 0 Å². The van der Waals surface area contributed by atoms with Gasteiger partial charge in [0, 0.05) is 12.8 Å². The lowest BCUT2D eigenvalue weighted by Crippen LogP contribution is -2.56. The zero-order valence-corrected chi connectivity index (χ0v) is 16.2. The minimum Gasteiger partial charge on any atom is -0.508 e. The zero-order valence-electron chi connectivity index (χ0n) is 16.2. The van der Waals surface area contributed by atoms with Crippen LogP contribution in [0, 0.1) is 0 Å². The third kappa shape index (κ3) is 6.87. The summed E-state index contributed by atoms with van der Waals surface area (Å²) in [5.74, 6) is -2.61. The Bertz CT molecular complexity index is 857. The molecule has 0 aliphatic carbocycles. The predicted molar refractivity (Wildman–Crippen MR) is 109 cm³/mol. The highest BCUT2D eigenvalue weighted by Gasteiger charge is 2.28. The molecular weight excluding hydrogens is 390 g/mol. The lowest BCUT2D eigenvalue weighted by Gasteiger charge is -2.23. The lowest BCUT2D eigenvalue weighted by molar-refractivity contribution is -0.142. The molecule has 0 aliphatic heterocycles. The van der Waals surface area contributed by atoms with Crippen LogP contribution in [0.5, 0.6) is 5.75 Å². The van der Waals surface area contributed by atoms with Crippen LogP contribution < -0.4 is 16.4 Å². The van der Waals surface area contributed by atoms with Crippen LogP contribution in [0.15, 0.2) is 54.6 Å². The summed E-state index contributed by atoms with van der Waals surface area (Å²) in [5, 5.41) is 32.8. The zero-order chi connectivity index (χ0) is 22.1. The van der Waals surface area contributed by atoms with Gasteiger partial charge in [0.1, 0.15) is 23.9 Å². The number of hydrogen-bond donors (Lipinski definition) is 6. The Morgan fingerprint density at radius 2 is 1.37 bits per heavy atom. The molecule has 2 aromatic rings. The number of aliphatic hydroxyl groups is 1. The second kappa shape index (κ2) is 10.9. The number of carboxylic acids is 1. The Labute approximate surface area is 173 Å². The van der Waals surface area contributed by atoms with Gasteiger partial charge in [0.15, 0.2) is 0 Å². The number of nitrogens with one attached hydrogen (secondary N) is 2. The normalized spacial score (nSPS) is 13.7. The van der Waals surface area contributed by atoms with Crippen LogP contribution in [0.1, 0.15) is 11.1 Å². The van der Waals surface area contributed by atoms with Crippen molar-refractivity contribution in [1.29, 1.82) is 0 Å². The van der Waals surface area contributed by atoms with E-state index in [1.165, 1.54) is 12.1 Å². The molecular formula is C21H25N3O6. The number of amides is 2. The molecule has 9 nitrogen and oxygen atoms in total. The fourth-order valence-electron chi connectivity index (χ4n) is 2.76. The Kier molecular flexibility index (Phi) is 8.33. The van der Waals surface area contributed by atoms with Crippen molar-refractivity contribution in [1.82, 2.24) is 10.6 Å². The summed E-state index contributed by atoms with van der Waals surface area (Å²) in [5.41, 5.74) is 6.87. The number of phenolic OH excluding ortho intramolecular Hbond substituents is 1. The minimum atomic E-state index is -1.25. The van der Waals surface area contributed by atoms with E-state index in [0.29, 0.717) is 5.56 Å². The van der Waals surface area contributed by atoms with Gasteiger partial charge in [-0.3, -0.25) is 9.59 Å². The third-order valence-electron chi connectivity index (χ3n) is 4.44. The first kappa shape index (κ1) is 22.9. The monoisotopic (exact) mass is 415 g/mol. The van der Waals surface area contributed by atoms with Crippen molar-refractivity contribution in [2.75, 3.05) is 6.61 Å². The highest BCUT2D eigenvalue weighted by atomic mass is 16.4. The number of phenols is 1. The summed E-state index contributed by atoms with van der Waals surface area (Å²) in [6.45, 7) is -0.593. The SMILES string of the molecule is N[C@@H](CO)C(=O)N[C@@H](Cc1ccccc1)C(=O)N[C@@H](Cc1ccc(O)cc1)C(=O)O. The first-order valence-corrected chi connectivity index (χ1v) is 9.32. The first-order valence-electron chi connectivity index (χ1n) is 9.32. The molecule has 0 aliphatic rings. The number of hydrogen-bond acceptors (Lipinski definition) is 6. The minimum absolute atomic E-state index is 0.0104. The molecule has 0 unspecified atom stereocenters. The molecule has 7 N–H and O–H groups in total. The van der Waals surface area contributed by atoms with Crippen LogP contribution in [0.4, 0.5) is 0 Å². The lowest BCUT2D eigenvalue weighted by atomic mass is 10.0. The second-order valence-corrected chi connectivity index (χ2v) is 6.81. The molecule has 0 bridgehead atoms. The summed E-state index contributed by atoms with van der Waals surface area (Å²) >= 11 is 0. The molecule has 9 heteroatoms. The first-order chi connectivity index (χ1) is 14.3. The standard InChI is InChI=1S/C21H25N3O6/c22-16(12-25)19(27)23-17(10-13-4-2-1-3-5-13)20(28)24-18(21(29)30)11-14-6-8-15(26)9-7-14/h1-9,16-18,25-26H,10-12,22H2,(H,23,27)(H,24,28)(H,29,30)/t16-,17-,18-/m0/s1. The number of aliphatic carboxylic acids is 1. The number of aliphatic hydroxyl groups excluding tert-OH is 1. The fraction of sp³-hybridized carbons (Fsp3) is 0.286. The Balaban J connectivity index is 2.15. The van der Waals surface area contributed by atoms with E-state index in [0.717, 1.165) is 5.56 Å². The highest BCUT2D eigenvalue weighted by Crippen LogP contribution is 2.12. The van der Waals surface area contributed by atoms with Gasteiger partial charge in [0.2, 0.25) is 11.8 Å². The van der Waals surface area contributed by atoms with E-state index in [1.54, 1.807) is 42.5 Å². The molecule has 160 valence electrons. The van der Waals surface area contributed by atoms with Gasteiger partial charge in [-0.25, -0.2) is 4.79 Å². The van der Waals surface area contributed by atoms with E-state index in [1.807, 2.05) is 0 Å². The number of carbonyl (C=O) groups excluding carboxylic acids is 2. The number of rotatable bonds is 10. The summed E-state index contributed by atoms with van der Waals surface area (Å²) < 4.78 is 0. The maximum absolute atomic E-state index is 12.8. The van der Waals surface area contributed by atoms with Crippen molar-refractivity contribution in [2.24, 2.45) is 5.73 Å². The average molecular weight is 415 g/mol. The van der Waals surface area contributed by atoms with E-state index in [9.17, 15) is 24.6 Å². The van der Waals surface area contributed by atoms with E-state index in [-0.39, 0.29) is 18.6 Å². The average Bonchev–Trinajstić information content (AvgIpc) is 2.74. The van der Waals surface area contributed by atoms with Gasteiger partial charge in [-0.15, -0.1) is 0 Å². The Morgan fingerprint density at radius 3 is 1.93 bits per heavy atom. The molecule has 0 heterocycles. The molecule has 0 saturated heterocycles. The Morgan fingerprint density at radius 1 is 0.833 bits per heavy atom. The molecule has 3 atom stereocenters. The van der Waals surface area contributed by atoms with Crippen LogP contribution >= 0.6 is 0 Å². The molecule has 0 fully saturated rings. The van der Waals surface area contributed by atoms with Crippen LogP contribution in [0.3, 0.4) is 0 Å². The van der Waals surface area contributed by atoms with Gasteiger partial charge in [-0.2, -0.15) is 0 Å². The van der Waals surface area contributed by atoms with Gasteiger partial charge in [-0.1, -0.05) is 42.5 Å². The molecule has 0 aromatic heterocycles. The van der Waals surface area contributed by atoms with Gasteiger partial charge in [0.05, 0.1) is 6.61 Å². The van der Waals surface area contributed by atoms with E-state index in [2.05, 4.69) is 10.6 Å². The summed E-state index contributed by atoms with van der Waals surface area (Å²) in [4.78, 5) is 36.6. The summed E-state index contributed by atoms with van der Waals surface area (Å²) in [6.07, 6.45) is 0.103. The van der Waals surface area contributed by atoms with E-state index >= 15 is 0 Å².